The highest BCUT2D eigenvalue weighted by atomic mass is 16.2. The number of amides is 3. The molecule has 0 aromatic rings. The van der Waals surface area contributed by atoms with Gasteiger partial charge >= 0.3 is 0 Å². The summed E-state index contributed by atoms with van der Waals surface area (Å²) in [7, 11) is 18.4. The first-order valence-corrected chi connectivity index (χ1v) is 10.7. The first kappa shape index (κ1) is 26.3. The highest BCUT2D eigenvalue weighted by molar-refractivity contribution is 5.82. The Morgan fingerprint density at radius 2 is 0.700 bits per heavy atom. The van der Waals surface area contributed by atoms with Crippen molar-refractivity contribution in [3.63, 3.8) is 0 Å². The van der Waals surface area contributed by atoms with Crippen LogP contribution in [0.3, 0.4) is 0 Å². The van der Waals surface area contributed by atoms with E-state index in [1.165, 1.54) is 0 Å². The Balaban J connectivity index is 2.88. The molecule has 1 heterocycles. The third kappa shape index (κ3) is 10.4. The molecule has 30 heavy (non-hydrogen) atoms. The summed E-state index contributed by atoms with van der Waals surface area (Å²) in [4.78, 5) is 43.5. The molecule has 0 aliphatic carbocycles. The molecule has 9 heteroatoms. The lowest BCUT2D eigenvalue weighted by molar-refractivity contribution is -0.869. The number of carbonyl (C=O) groups excluding carboxylic acids is 3. The van der Waals surface area contributed by atoms with E-state index in [9.17, 15) is 14.4 Å². The molecule has 1 aliphatic heterocycles. The summed E-state index contributed by atoms with van der Waals surface area (Å²) in [5.74, 6) is -0.0512. The van der Waals surface area contributed by atoms with Crippen LogP contribution in [0.1, 0.15) is 19.3 Å². The fourth-order valence-electron chi connectivity index (χ4n) is 2.99. The molecule has 1 saturated heterocycles. The number of rotatable bonds is 9. The summed E-state index contributed by atoms with van der Waals surface area (Å²) in [6, 6.07) is 0. The molecule has 0 bridgehead atoms. The van der Waals surface area contributed by atoms with E-state index >= 15 is 0 Å². The molecule has 0 aromatic heterocycles. The van der Waals surface area contributed by atoms with E-state index in [-0.39, 0.29) is 37.7 Å². The molecule has 1 aliphatic rings. The van der Waals surface area contributed by atoms with Crippen LogP contribution in [0.2, 0.25) is 0 Å². The minimum Gasteiger partial charge on any atom is -0.330 e. The maximum Gasteiger partial charge on any atom is 0.231 e. The molecular formula is C21H45N6O3+3. The van der Waals surface area contributed by atoms with Gasteiger partial charge < -0.3 is 28.1 Å². The van der Waals surface area contributed by atoms with Gasteiger partial charge in [0, 0.05) is 0 Å². The van der Waals surface area contributed by atoms with E-state index in [0.29, 0.717) is 52.3 Å². The zero-order valence-corrected chi connectivity index (χ0v) is 20.8. The zero-order chi connectivity index (χ0) is 23.3. The van der Waals surface area contributed by atoms with Crippen LogP contribution in [0.25, 0.3) is 0 Å². The van der Waals surface area contributed by atoms with Crippen LogP contribution >= 0.6 is 0 Å². The number of hydrogen-bond acceptors (Lipinski definition) is 3. The van der Waals surface area contributed by atoms with Crippen LogP contribution in [0.4, 0.5) is 0 Å². The topological polar surface area (TPSA) is 60.9 Å². The molecule has 0 spiro atoms. The van der Waals surface area contributed by atoms with Gasteiger partial charge in [-0.3, -0.25) is 14.4 Å². The average Bonchev–Trinajstić information content (AvgIpc) is 2.59. The van der Waals surface area contributed by atoms with E-state index in [2.05, 4.69) is 0 Å². The Bertz CT molecular complexity index is 524. The maximum absolute atomic E-state index is 12.8. The Morgan fingerprint density at radius 3 is 0.867 bits per heavy atom. The molecule has 0 aromatic carbocycles. The lowest BCUT2D eigenvalue weighted by atomic mass is 10.2. The van der Waals surface area contributed by atoms with Crippen molar-refractivity contribution in [2.75, 3.05) is 103 Å². The number of quaternary nitrogens is 3. The van der Waals surface area contributed by atoms with Crippen LogP contribution in [0.5, 0.6) is 0 Å². The largest absolute Gasteiger partial charge is 0.330 e. The summed E-state index contributed by atoms with van der Waals surface area (Å²) in [6.07, 6.45) is 1.18. The minimum atomic E-state index is -0.0171. The third-order valence-electron chi connectivity index (χ3n) is 5.07. The molecule has 1 fully saturated rings. The van der Waals surface area contributed by atoms with Crippen LogP contribution in [0.15, 0.2) is 0 Å². The van der Waals surface area contributed by atoms with Crippen LogP contribution in [0, 0.1) is 0 Å². The molecular weight excluding hydrogens is 384 g/mol. The Kier molecular flexibility index (Phi) is 8.83. The van der Waals surface area contributed by atoms with E-state index in [4.69, 9.17) is 0 Å². The van der Waals surface area contributed by atoms with Gasteiger partial charge in [-0.25, -0.2) is 0 Å². The molecule has 174 valence electrons. The molecule has 1 rings (SSSR count). The van der Waals surface area contributed by atoms with Crippen molar-refractivity contribution in [1.82, 2.24) is 14.7 Å². The fraction of sp³-hybridized carbons (Fsp3) is 0.857. The van der Waals surface area contributed by atoms with Crippen molar-refractivity contribution in [2.45, 2.75) is 19.3 Å². The van der Waals surface area contributed by atoms with Crippen LogP contribution in [-0.4, -0.2) is 149 Å². The molecule has 9 nitrogen and oxygen atoms in total. The summed E-state index contributed by atoms with van der Waals surface area (Å²) >= 11 is 0. The van der Waals surface area contributed by atoms with E-state index in [1.54, 1.807) is 14.7 Å². The second-order valence-electron chi connectivity index (χ2n) is 11.5. The van der Waals surface area contributed by atoms with Gasteiger partial charge in [-0.1, -0.05) is 0 Å². The van der Waals surface area contributed by atoms with Gasteiger partial charge in [0.05, 0.1) is 122 Å². The second kappa shape index (κ2) is 10.1. The van der Waals surface area contributed by atoms with Crippen molar-refractivity contribution >= 4 is 17.7 Å². The highest BCUT2D eigenvalue weighted by Gasteiger charge is 2.33. The Labute approximate surface area is 183 Å². The van der Waals surface area contributed by atoms with Crippen LogP contribution < -0.4 is 0 Å². The third-order valence-corrected chi connectivity index (χ3v) is 5.07. The second-order valence-corrected chi connectivity index (χ2v) is 11.5. The van der Waals surface area contributed by atoms with Gasteiger partial charge in [-0.05, 0) is 0 Å². The monoisotopic (exact) mass is 429 g/mol. The van der Waals surface area contributed by atoms with E-state index in [0.717, 1.165) is 0 Å². The van der Waals surface area contributed by atoms with Gasteiger partial charge in [0.1, 0.15) is 0 Å². The van der Waals surface area contributed by atoms with Gasteiger partial charge in [-0.2, -0.15) is 0 Å². The standard InChI is InChI=1S/C21H45N6O3/c1-25(2,3)13-10-19(28)22-16-23(20(29)11-14-26(4,5)6)18-24(17-22)21(30)12-15-27(7,8)9/h10-18H2,1-9H3/q+3. The Hall–Kier alpha value is -1.71. The summed E-state index contributed by atoms with van der Waals surface area (Å²) in [5, 5.41) is 0. The van der Waals surface area contributed by atoms with E-state index in [1.807, 2.05) is 63.4 Å². The predicted octanol–water partition coefficient (Wildman–Crippen LogP) is -0.353. The zero-order valence-electron chi connectivity index (χ0n) is 20.8. The van der Waals surface area contributed by atoms with Gasteiger partial charge in [-0.15, -0.1) is 0 Å². The minimum absolute atomic E-state index is 0.0171. The van der Waals surface area contributed by atoms with E-state index < -0.39 is 0 Å². The van der Waals surface area contributed by atoms with Gasteiger partial charge in [0.15, 0.2) is 0 Å². The predicted molar refractivity (Wildman–Crippen MR) is 118 cm³/mol. The van der Waals surface area contributed by atoms with Crippen molar-refractivity contribution < 1.29 is 27.8 Å². The highest BCUT2D eigenvalue weighted by Crippen LogP contribution is 2.14. The quantitative estimate of drug-likeness (QED) is 0.471. The molecule has 0 N–H and O–H groups in total. The normalized spacial score (nSPS) is 16.1. The maximum atomic E-state index is 12.8. The van der Waals surface area contributed by atoms with Crippen molar-refractivity contribution in [3.05, 3.63) is 0 Å². The number of carbonyl (C=O) groups is 3. The average molecular weight is 430 g/mol. The summed E-state index contributed by atoms with van der Waals surface area (Å²) < 4.78 is 2.08. The number of nitrogens with zero attached hydrogens (tertiary/aromatic N) is 6. The molecule has 0 radical (unpaired) electrons. The molecule has 0 saturated carbocycles. The van der Waals surface area contributed by atoms with Gasteiger partial charge in [0.25, 0.3) is 0 Å². The molecule has 0 unspecified atom stereocenters. The number of hydrogen-bond donors (Lipinski definition) is 0. The first-order valence-electron chi connectivity index (χ1n) is 10.7. The van der Waals surface area contributed by atoms with Crippen molar-refractivity contribution in [1.29, 1.82) is 0 Å². The molecule has 3 amide bonds. The summed E-state index contributed by atoms with van der Waals surface area (Å²) in [6.45, 7) is 2.89. The fourth-order valence-corrected chi connectivity index (χ4v) is 2.99. The molecule has 0 atom stereocenters. The Morgan fingerprint density at radius 1 is 0.500 bits per heavy atom. The summed E-state index contributed by atoms with van der Waals surface area (Å²) in [5.41, 5.74) is 0. The smallest absolute Gasteiger partial charge is 0.231 e. The van der Waals surface area contributed by atoms with Crippen molar-refractivity contribution in [2.24, 2.45) is 0 Å². The SMILES string of the molecule is C[N+](C)(C)CCC(=O)N1CN(C(=O)CC[N+](C)(C)C)CN(C(=O)CC[N+](C)(C)C)C1. The van der Waals surface area contributed by atoms with Crippen LogP contribution in [-0.2, 0) is 14.4 Å². The lowest BCUT2D eigenvalue weighted by Gasteiger charge is -2.43. The first-order chi connectivity index (χ1) is 13.5. The lowest BCUT2D eigenvalue weighted by Crippen LogP contribution is -2.60. The van der Waals surface area contributed by atoms with Crippen molar-refractivity contribution in [3.8, 4) is 0 Å². The van der Waals surface area contributed by atoms with Gasteiger partial charge in [0.2, 0.25) is 17.7 Å².